The molecule has 1 atom stereocenters. The van der Waals surface area contributed by atoms with Crippen LogP contribution in [0, 0.1) is 5.95 Å². The van der Waals surface area contributed by atoms with Gasteiger partial charge in [-0.25, -0.2) is 15.0 Å². The van der Waals surface area contributed by atoms with Gasteiger partial charge in [-0.3, -0.25) is 4.79 Å². The first-order valence-corrected chi connectivity index (χ1v) is 10.5. The number of nitrogens with two attached hydrogens (primary N) is 1. The van der Waals surface area contributed by atoms with E-state index in [0.29, 0.717) is 23.2 Å². The second-order valence-corrected chi connectivity index (χ2v) is 7.92. The Morgan fingerprint density at radius 2 is 1.82 bits per heavy atom. The monoisotopic (exact) mass is 441 g/mol. The van der Waals surface area contributed by atoms with E-state index in [0.717, 1.165) is 16.7 Å². The first kappa shape index (κ1) is 22.1. The van der Waals surface area contributed by atoms with Crippen LogP contribution in [0.4, 0.5) is 10.3 Å². The summed E-state index contributed by atoms with van der Waals surface area (Å²) in [6.45, 7) is 0. The van der Waals surface area contributed by atoms with Crippen LogP contribution < -0.4 is 5.73 Å². The molecule has 0 bridgehead atoms. The molecule has 2 aromatic heterocycles. The maximum absolute atomic E-state index is 14.7. The van der Waals surface area contributed by atoms with Crippen molar-refractivity contribution in [3.8, 4) is 11.1 Å². The molecule has 1 amide bonds. The van der Waals surface area contributed by atoms with Gasteiger partial charge >= 0.3 is 0 Å². The Kier molecular flexibility index (Phi) is 6.40. The van der Waals surface area contributed by atoms with E-state index in [-0.39, 0.29) is 11.9 Å². The van der Waals surface area contributed by atoms with Crippen molar-refractivity contribution in [3.05, 3.63) is 107 Å². The third kappa shape index (κ3) is 4.87. The van der Waals surface area contributed by atoms with Gasteiger partial charge in [0.15, 0.2) is 0 Å². The van der Waals surface area contributed by atoms with Crippen LogP contribution in [0.25, 0.3) is 11.1 Å². The highest BCUT2D eigenvalue weighted by atomic mass is 19.1. The first-order valence-electron chi connectivity index (χ1n) is 10.5. The molecule has 4 aromatic rings. The van der Waals surface area contributed by atoms with Gasteiger partial charge in [0.25, 0.3) is 5.91 Å². The van der Waals surface area contributed by atoms with Gasteiger partial charge in [-0.2, -0.15) is 4.39 Å². The summed E-state index contributed by atoms with van der Waals surface area (Å²) in [6, 6.07) is 20.6. The molecule has 0 saturated heterocycles. The summed E-state index contributed by atoms with van der Waals surface area (Å²) in [6.07, 6.45) is 3.45. The highest BCUT2D eigenvalue weighted by Crippen LogP contribution is 2.33. The van der Waals surface area contributed by atoms with E-state index in [1.807, 2.05) is 42.5 Å². The van der Waals surface area contributed by atoms with E-state index in [9.17, 15) is 9.18 Å². The van der Waals surface area contributed by atoms with E-state index < -0.39 is 11.9 Å². The Morgan fingerprint density at radius 1 is 1.00 bits per heavy atom. The Labute approximate surface area is 192 Å². The summed E-state index contributed by atoms with van der Waals surface area (Å²) < 4.78 is 14.7. The Morgan fingerprint density at radius 3 is 2.58 bits per heavy atom. The number of halogens is 1. The fourth-order valence-electron chi connectivity index (χ4n) is 3.89. The predicted octanol–water partition coefficient (Wildman–Crippen LogP) is 4.34. The number of carbonyl (C=O) groups is 1. The number of amides is 1. The quantitative estimate of drug-likeness (QED) is 0.450. The minimum atomic E-state index is -0.546. The second kappa shape index (κ2) is 9.56. The van der Waals surface area contributed by atoms with Crippen LogP contribution in [0.15, 0.2) is 79.1 Å². The second-order valence-electron chi connectivity index (χ2n) is 7.92. The van der Waals surface area contributed by atoms with Crippen molar-refractivity contribution in [2.45, 2.75) is 12.3 Å². The molecule has 33 heavy (non-hydrogen) atoms. The van der Waals surface area contributed by atoms with Crippen LogP contribution in [0.1, 0.15) is 33.1 Å². The standard InChI is InChI=1S/C26H24FN5O/c1-32(2)25(33)19-9-5-8-17(15-19)20-10-4-3-7-18(20)16-22(21-11-6-13-29-24(21)27)23-12-14-30-26(28)31-23/h3-15,22H,16H2,1-2H3,(H2,28,30,31). The van der Waals surface area contributed by atoms with Crippen LogP contribution in [-0.2, 0) is 6.42 Å². The molecule has 2 N–H and O–H groups in total. The zero-order valence-electron chi connectivity index (χ0n) is 18.4. The highest BCUT2D eigenvalue weighted by molar-refractivity contribution is 5.95. The van der Waals surface area contributed by atoms with Crippen molar-refractivity contribution in [1.29, 1.82) is 0 Å². The molecule has 0 aliphatic heterocycles. The van der Waals surface area contributed by atoms with E-state index >= 15 is 0 Å². The lowest BCUT2D eigenvalue weighted by Crippen LogP contribution is -2.21. The van der Waals surface area contributed by atoms with Gasteiger partial charge in [0, 0.05) is 43.5 Å². The lowest BCUT2D eigenvalue weighted by atomic mass is 9.86. The van der Waals surface area contributed by atoms with Gasteiger partial charge in [-0.15, -0.1) is 0 Å². The van der Waals surface area contributed by atoms with Gasteiger partial charge in [0.05, 0.1) is 5.69 Å². The van der Waals surface area contributed by atoms with Crippen molar-refractivity contribution < 1.29 is 9.18 Å². The summed E-state index contributed by atoms with van der Waals surface area (Å²) in [5.74, 6) is -0.904. The van der Waals surface area contributed by atoms with Crippen molar-refractivity contribution >= 4 is 11.9 Å². The molecule has 166 valence electrons. The predicted molar refractivity (Wildman–Crippen MR) is 126 cm³/mol. The molecule has 4 rings (SSSR count). The first-order chi connectivity index (χ1) is 15.9. The molecule has 0 saturated carbocycles. The lowest BCUT2D eigenvalue weighted by molar-refractivity contribution is 0.0827. The molecular weight excluding hydrogens is 417 g/mol. The summed E-state index contributed by atoms with van der Waals surface area (Å²) in [5.41, 5.74) is 10.3. The third-order valence-corrected chi connectivity index (χ3v) is 5.48. The smallest absolute Gasteiger partial charge is 0.253 e. The molecule has 0 spiro atoms. The Bertz CT molecular complexity index is 1290. The van der Waals surface area contributed by atoms with Crippen molar-refractivity contribution in [2.24, 2.45) is 0 Å². The van der Waals surface area contributed by atoms with E-state index in [1.54, 1.807) is 49.5 Å². The molecule has 0 radical (unpaired) electrons. The number of carbonyl (C=O) groups excluding carboxylic acids is 1. The number of pyridine rings is 1. The number of hydrogen-bond acceptors (Lipinski definition) is 5. The average Bonchev–Trinajstić information content (AvgIpc) is 2.83. The zero-order valence-corrected chi connectivity index (χ0v) is 18.4. The zero-order chi connectivity index (χ0) is 23.4. The number of anilines is 1. The average molecular weight is 442 g/mol. The van der Waals surface area contributed by atoms with E-state index in [4.69, 9.17) is 5.73 Å². The maximum Gasteiger partial charge on any atom is 0.253 e. The molecule has 2 aromatic carbocycles. The Hall–Kier alpha value is -4.13. The van der Waals surface area contributed by atoms with Crippen LogP contribution in [0.5, 0.6) is 0 Å². The molecule has 6 nitrogen and oxygen atoms in total. The van der Waals surface area contributed by atoms with Gasteiger partial charge in [0.1, 0.15) is 0 Å². The van der Waals surface area contributed by atoms with Gasteiger partial charge < -0.3 is 10.6 Å². The van der Waals surface area contributed by atoms with Crippen LogP contribution in [0.2, 0.25) is 0 Å². The molecule has 7 heteroatoms. The third-order valence-electron chi connectivity index (χ3n) is 5.48. The SMILES string of the molecule is CN(C)C(=O)c1cccc(-c2ccccc2CC(c2ccnc(N)n2)c2cccnc2F)c1. The largest absolute Gasteiger partial charge is 0.368 e. The summed E-state index contributed by atoms with van der Waals surface area (Å²) in [7, 11) is 3.45. The van der Waals surface area contributed by atoms with E-state index in [2.05, 4.69) is 15.0 Å². The number of nitrogen functional groups attached to an aromatic ring is 1. The number of nitrogens with zero attached hydrogens (tertiary/aromatic N) is 4. The van der Waals surface area contributed by atoms with Crippen LogP contribution >= 0.6 is 0 Å². The van der Waals surface area contributed by atoms with Crippen molar-refractivity contribution in [3.63, 3.8) is 0 Å². The Balaban J connectivity index is 1.79. The number of benzene rings is 2. The van der Waals surface area contributed by atoms with Crippen molar-refractivity contribution in [1.82, 2.24) is 19.9 Å². The number of hydrogen-bond donors (Lipinski definition) is 1. The number of rotatable bonds is 6. The maximum atomic E-state index is 14.7. The minimum absolute atomic E-state index is 0.0684. The molecule has 0 aliphatic rings. The molecule has 2 heterocycles. The lowest BCUT2D eigenvalue weighted by Gasteiger charge is -2.20. The van der Waals surface area contributed by atoms with Crippen molar-refractivity contribution in [2.75, 3.05) is 19.8 Å². The minimum Gasteiger partial charge on any atom is -0.368 e. The van der Waals surface area contributed by atoms with Gasteiger partial charge in [-0.1, -0.05) is 42.5 Å². The van der Waals surface area contributed by atoms with Gasteiger partial charge in [-0.05, 0) is 47.4 Å². The summed E-state index contributed by atoms with van der Waals surface area (Å²) in [5, 5.41) is 0. The molecule has 1 unspecified atom stereocenters. The van der Waals surface area contributed by atoms with E-state index in [1.165, 1.54) is 6.20 Å². The summed E-state index contributed by atoms with van der Waals surface area (Å²) in [4.78, 5) is 26.2. The fourth-order valence-corrected chi connectivity index (χ4v) is 3.89. The molecule has 0 aliphatic carbocycles. The van der Waals surface area contributed by atoms with Crippen LogP contribution in [0.3, 0.4) is 0 Å². The van der Waals surface area contributed by atoms with Gasteiger partial charge in [0.2, 0.25) is 11.9 Å². The van der Waals surface area contributed by atoms with Crippen LogP contribution in [-0.4, -0.2) is 39.9 Å². The molecule has 0 fully saturated rings. The highest BCUT2D eigenvalue weighted by Gasteiger charge is 2.22. The molecular formula is C26H24FN5O. The normalized spacial score (nSPS) is 11.7. The topological polar surface area (TPSA) is 85.0 Å². The number of aromatic nitrogens is 3. The fraction of sp³-hybridized carbons (Fsp3) is 0.154. The summed E-state index contributed by atoms with van der Waals surface area (Å²) >= 11 is 0.